The number of carboxylic acid groups (broad SMARTS) is 1. The molecule has 1 unspecified atom stereocenters. The van der Waals surface area contributed by atoms with E-state index >= 15 is 0 Å². The third-order valence-corrected chi connectivity index (χ3v) is 3.67. The molecule has 1 atom stereocenters. The summed E-state index contributed by atoms with van der Waals surface area (Å²) in [6, 6.07) is 4.49. The maximum atomic E-state index is 10.9. The van der Waals surface area contributed by atoms with Gasteiger partial charge in [0.05, 0.1) is 7.11 Å². The van der Waals surface area contributed by atoms with Crippen molar-refractivity contribution < 1.29 is 14.6 Å². The third-order valence-electron chi connectivity index (χ3n) is 3.67. The predicted molar refractivity (Wildman–Crippen MR) is 68.8 cm³/mol. The lowest BCUT2D eigenvalue weighted by atomic mass is 9.93. The second-order valence-electron chi connectivity index (χ2n) is 4.80. The van der Waals surface area contributed by atoms with Crippen molar-refractivity contribution in [2.45, 2.75) is 37.6 Å². The van der Waals surface area contributed by atoms with E-state index in [1.165, 1.54) is 12.8 Å². The fourth-order valence-electron chi connectivity index (χ4n) is 2.64. The molecule has 4 nitrogen and oxygen atoms in total. The summed E-state index contributed by atoms with van der Waals surface area (Å²) < 4.78 is 5.36. The Morgan fingerprint density at radius 3 is 2.67 bits per heavy atom. The molecule has 1 aromatic carbocycles. The Morgan fingerprint density at radius 1 is 1.44 bits per heavy atom. The number of benzene rings is 1. The SMILES string of the molecule is COc1ccc(C(N)C(=O)O)cc1C1CCCC1. The average molecular weight is 249 g/mol. The van der Waals surface area contributed by atoms with Crippen LogP contribution in [0.4, 0.5) is 0 Å². The third kappa shape index (κ3) is 2.48. The highest BCUT2D eigenvalue weighted by atomic mass is 16.5. The van der Waals surface area contributed by atoms with Crippen LogP contribution >= 0.6 is 0 Å². The van der Waals surface area contributed by atoms with Gasteiger partial charge in [-0.15, -0.1) is 0 Å². The standard InChI is InChI=1S/C14H19NO3/c1-18-12-7-6-10(13(15)14(16)17)8-11(12)9-4-2-3-5-9/h6-9,13H,2-5,15H2,1H3,(H,16,17). The van der Waals surface area contributed by atoms with E-state index < -0.39 is 12.0 Å². The van der Waals surface area contributed by atoms with Crippen molar-refractivity contribution in [2.75, 3.05) is 7.11 Å². The first-order chi connectivity index (χ1) is 8.63. The van der Waals surface area contributed by atoms with Gasteiger partial charge in [0.25, 0.3) is 0 Å². The summed E-state index contributed by atoms with van der Waals surface area (Å²) in [5.74, 6) is 0.307. The topological polar surface area (TPSA) is 72.5 Å². The first kappa shape index (κ1) is 12.9. The lowest BCUT2D eigenvalue weighted by Crippen LogP contribution is -2.20. The summed E-state index contributed by atoms with van der Waals surface area (Å²) in [6.45, 7) is 0. The molecule has 0 spiro atoms. The molecule has 0 radical (unpaired) electrons. The monoisotopic (exact) mass is 249 g/mol. The van der Waals surface area contributed by atoms with Crippen LogP contribution < -0.4 is 10.5 Å². The minimum absolute atomic E-state index is 0.473. The van der Waals surface area contributed by atoms with Gasteiger partial charge in [-0.2, -0.15) is 0 Å². The molecule has 1 aromatic rings. The number of ether oxygens (including phenoxy) is 1. The number of rotatable bonds is 4. The minimum atomic E-state index is -1.00. The van der Waals surface area contributed by atoms with Crippen molar-refractivity contribution in [1.82, 2.24) is 0 Å². The van der Waals surface area contributed by atoms with Crippen LogP contribution in [0.25, 0.3) is 0 Å². The lowest BCUT2D eigenvalue weighted by molar-refractivity contribution is -0.138. The van der Waals surface area contributed by atoms with Gasteiger partial charge in [0.2, 0.25) is 0 Å². The molecule has 1 fully saturated rings. The number of carbonyl (C=O) groups is 1. The van der Waals surface area contributed by atoms with Gasteiger partial charge in [0.15, 0.2) is 0 Å². The van der Waals surface area contributed by atoms with Crippen LogP contribution in [-0.4, -0.2) is 18.2 Å². The number of hydrogen-bond donors (Lipinski definition) is 2. The Balaban J connectivity index is 2.35. The summed E-state index contributed by atoms with van der Waals surface area (Å²) >= 11 is 0. The number of aliphatic carboxylic acids is 1. The van der Waals surface area contributed by atoms with Crippen LogP contribution in [0, 0.1) is 0 Å². The molecule has 2 rings (SSSR count). The fourth-order valence-corrected chi connectivity index (χ4v) is 2.64. The van der Waals surface area contributed by atoms with Gasteiger partial charge in [0, 0.05) is 0 Å². The molecule has 18 heavy (non-hydrogen) atoms. The van der Waals surface area contributed by atoms with E-state index in [1.54, 1.807) is 13.2 Å². The Labute approximate surface area is 107 Å². The summed E-state index contributed by atoms with van der Waals surface area (Å²) in [7, 11) is 1.64. The molecule has 98 valence electrons. The zero-order valence-electron chi connectivity index (χ0n) is 10.6. The average Bonchev–Trinajstić information content (AvgIpc) is 2.90. The van der Waals surface area contributed by atoms with E-state index in [4.69, 9.17) is 15.6 Å². The fraction of sp³-hybridized carbons (Fsp3) is 0.500. The van der Waals surface area contributed by atoms with Crippen molar-refractivity contribution in [1.29, 1.82) is 0 Å². The van der Waals surface area contributed by atoms with Crippen molar-refractivity contribution in [3.05, 3.63) is 29.3 Å². The second kappa shape index (κ2) is 5.40. The Hall–Kier alpha value is -1.55. The maximum absolute atomic E-state index is 10.9. The van der Waals surface area contributed by atoms with Crippen LogP contribution in [0.1, 0.15) is 48.8 Å². The van der Waals surface area contributed by atoms with E-state index in [0.717, 1.165) is 24.2 Å². The molecule has 1 aliphatic rings. The van der Waals surface area contributed by atoms with Crippen molar-refractivity contribution in [3.8, 4) is 5.75 Å². The molecule has 1 saturated carbocycles. The molecule has 0 amide bonds. The van der Waals surface area contributed by atoms with Gasteiger partial charge in [0.1, 0.15) is 11.8 Å². The van der Waals surface area contributed by atoms with Gasteiger partial charge in [-0.25, -0.2) is 0 Å². The van der Waals surface area contributed by atoms with Gasteiger partial charge in [-0.1, -0.05) is 18.9 Å². The first-order valence-corrected chi connectivity index (χ1v) is 6.29. The number of hydrogen-bond acceptors (Lipinski definition) is 3. The van der Waals surface area contributed by atoms with Gasteiger partial charge >= 0.3 is 5.97 Å². The molecule has 0 aliphatic heterocycles. The first-order valence-electron chi connectivity index (χ1n) is 6.29. The summed E-state index contributed by atoms with van der Waals surface area (Å²) in [6.07, 6.45) is 4.73. The van der Waals surface area contributed by atoms with Crippen molar-refractivity contribution in [2.24, 2.45) is 5.73 Å². The molecule has 1 aliphatic carbocycles. The molecule has 0 aromatic heterocycles. The molecule has 4 heteroatoms. The van der Waals surface area contributed by atoms with E-state index in [-0.39, 0.29) is 0 Å². The highest BCUT2D eigenvalue weighted by Gasteiger charge is 2.23. The Kier molecular flexibility index (Phi) is 3.87. The van der Waals surface area contributed by atoms with E-state index in [1.807, 2.05) is 12.1 Å². The van der Waals surface area contributed by atoms with Gasteiger partial charge < -0.3 is 15.6 Å². The summed E-state index contributed by atoms with van der Waals surface area (Å²) in [5, 5.41) is 8.96. The molecular weight excluding hydrogens is 230 g/mol. The van der Waals surface area contributed by atoms with Gasteiger partial charge in [-0.05, 0) is 42.0 Å². The van der Waals surface area contributed by atoms with E-state index in [9.17, 15) is 4.79 Å². The normalized spacial score (nSPS) is 17.7. The largest absolute Gasteiger partial charge is 0.496 e. The smallest absolute Gasteiger partial charge is 0.325 e. The van der Waals surface area contributed by atoms with E-state index in [0.29, 0.717) is 11.5 Å². The molecular formula is C14H19NO3. The number of carboxylic acids is 1. The highest BCUT2D eigenvalue weighted by Crippen LogP contribution is 2.39. The summed E-state index contributed by atoms with van der Waals surface area (Å²) in [4.78, 5) is 10.9. The van der Waals surface area contributed by atoms with Crippen LogP contribution in [0.3, 0.4) is 0 Å². The quantitative estimate of drug-likeness (QED) is 0.859. The Bertz CT molecular complexity index is 439. The van der Waals surface area contributed by atoms with Gasteiger partial charge in [-0.3, -0.25) is 4.79 Å². The molecule has 0 saturated heterocycles. The predicted octanol–water partition coefficient (Wildman–Crippen LogP) is 2.44. The van der Waals surface area contributed by atoms with Crippen LogP contribution in [0.2, 0.25) is 0 Å². The zero-order chi connectivity index (χ0) is 13.1. The second-order valence-corrected chi connectivity index (χ2v) is 4.80. The maximum Gasteiger partial charge on any atom is 0.325 e. The number of methoxy groups -OCH3 is 1. The molecule has 3 N–H and O–H groups in total. The highest BCUT2D eigenvalue weighted by molar-refractivity contribution is 5.75. The van der Waals surface area contributed by atoms with E-state index in [2.05, 4.69) is 0 Å². The number of nitrogens with two attached hydrogens (primary N) is 1. The molecule has 0 heterocycles. The zero-order valence-corrected chi connectivity index (χ0v) is 10.6. The van der Waals surface area contributed by atoms with Crippen LogP contribution in [0.15, 0.2) is 18.2 Å². The van der Waals surface area contributed by atoms with Crippen molar-refractivity contribution >= 4 is 5.97 Å². The lowest BCUT2D eigenvalue weighted by Gasteiger charge is -2.17. The molecule has 0 bridgehead atoms. The minimum Gasteiger partial charge on any atom is -0.496 e. The Morgan fingerprint density at radius 2 is 2.11 bits per heavy atom. The van der Waals surface area contributed by atoms with Crippen molar-refractivity contribution in [3.63, 3.8) is 0 Å². The van der Waals surface area contributed by atoms with Crippen LogP contribution in [-0.2, 0) is 4.79 Å². The summed E-state index contributed by atoms with van der Waals surface area (Å²) in [5.41, 5.74) is 7.40. The van der Waals surface area contributed by atoms with Crippen LogP contribution in [0.5, 0.6) is 5.75 Å².